The van der Waals surface area contributed by atoms with E-state index in [2.05, 4.69) is 36.6 Å². The predicted octanol–water partition coefficient (Wildman–Crippen LogP) is 4.16. The molecule has 1 aliphatic rings. The standard InChI is InChI=1S/C32H36N8O4/c1-19-5-12-25(33)17-27(19)24-4-2-3-21(15-24)16-28(36-30(41)23-8-6-20(7-9-23)18-34-32(43)44)31(42)35-26-13-10-22(11-14-26)29-37-39-40-38-29/h2-5,10-15,17,20,23,28,34H,6-9,16,18,33H2,1H3,(H,35,42)(H,36,41)(H,43,44)(H,37,38,39,40)/t20-,23-,28-/m0/s1. The third-order valence-corrected chi connectivity index (χ3v) is 8.10. The number of carbonyl (C=O) groups excluding carboxylic acids is 2. The second-order valence-electron chi connectivity index (χ2n) is 11.3. The summed E-state index contributed by atoms with van der Waals surface area (Å²) >= 11 is 0. The largest absolute Gasteiger partial charge is 0.465 e. The van der Waals surface area contributed by atoms with E-state index in [1.54, 1.807) is 24.3 Å². The summed E-state index contributed by atoms with van der Waals surface area (Å²) in [6.45, 7) is 2.40. The van der Waals surface area contributed by atoms with Gasteiger partial charge in [0.15, 0.2) is 5.82 Å². The molecule has 0 radical (unpaired) electrons. The highest BCUT2D eigenvalue weighted by molar-refractivity contribution is 5.97. The van der Waals surface area contributed by atoms with Crippen molar-refractivity contribution in [3.05, 3.63) is 77.9 Å². The SMILES string of the molecule is Cc1ccc(N)cc1-c1cccc(C[C@H](NC(=O)[C@H]2CC[C@H](CNC(=O)O)CC2)C(=O)Nc2ccc(-c3nnn[nH]3)cc2)c1. The number of carboxylic acid groups (broad SMARTS) is 1. The average molecular weight is 597 g/mol. The molecule has 0 saturated heterocycles. The van der Waals surface area contributed by atoms with Gasteiger partial charge >= 0.3 is 6.09 Å². The van der Waals surface area contributed by atoms with E-state index in [-0.39, 0.29) is 30.1 Å². The van der Waals surface area contributed by atoms with Crippen molar-refractivity contribution >= 4 is 29.3 Å². The number of aromatic nitrogens is 4. The van der Waals surface area contributed by atoms with Gasteiger partial charge in [-0.25, -0.2) is 9.89 Å². The second kappa shape index (κ2) is 13.8. The fourth-order valence-corrected chi connectivity index (χ4v) is 5.63. The minimum absolute atomic E-state index is 0.175. The number of nitrogen functional groups attached to an aromatic ring is 1. The van der Waals surface area contributed by atoms with Gasteiger partial charge in [-0.1, -0.05) is 30.3 Å². The molecule has 0 spiro atoms. The van der Waals surface area contributed by atoms with E-state index in [9.17, 15) is 14.4 Å². The number of nitrogens with zero attached hydrogens (tertiary/aromatic N) is 3. The smallest absolute Gasteiger partial charge is 0.404 e. The van der Waals surface area contributed by atoms with Crippen molar-refractivity contribution in [2.45, 2.75) is 45.1 Å². The minimum atomic E-state index is -1.04. The maximum atomic E-state index is 13.7. The first-order valence-electron chi connectivity index (χ1n) is 14.6. The monoisotopic (exact) mass is 596 g/mol. The van der Waals surface area contributed by atoms with Crippen LogP contribution in [0.5, 0.6) is 0 Å². The minimum Gasteiger partial charge on any atom is -0.465 e. The van der Waals surface area contributed by atoms with Crippen molar-refractivity contribution in [2.75, 3.05) is 17.6 Å². The molecule has 0 aliphatic heterocycles. The van der Waals surface area contributed by atoms with Crippen LogP contribution >= 0.6 is 0 Å². The molecule has 7 N–H and O–H groups in total. The lowest BCUT2D eigenvalue weighted by atomic mass is 9.81. The Bertz CT molecular complexity index is 1600. The first kappa shape index (κ1) is 30.2. The second-order valence-corrected chi connectivity index (χ2v) is 11.3. The molecule has 12 nitrogen and oxygen atoms in total. The number of hydrogen-bond acceptors (Lipinski definition) is 7. The highest BCUT2D eigenvalue weighted by Gasteiger charge is 2.30. The molecule has 1 aromatic heterocycles. The molecule has 3 aromatic carbocycles. The van der Waals surface area contributed by atoms with Crippen LogP contribution in [0.3, 0.4) is 0 Å². The summed E-state index contributed by atoms with van der Waals surface area (Å²) in [4.78, 5) is 38.0. The van der Waals surface area contributed by atoms with E-state index in [0.29, 0.717) is 36.6 Å². The number of amides is 3. The molecule has 5 rings (SSSR count). The summed E-state index contributed by atoms with van der Waals surface area (Å²) in [5.41, 5.74) is 12.0. The molecule has 228 valence electrons. The molecule has 1 fully saturated rings. The lowest BCUT2D eigenvalue weighted by Gasteiger charge is -2.29. The summed E-state index contributed by atoms with van der Waals surface area (Å²) in [5.74, 6) is -0.0505. The van der Waals surface area contributed by atoms with E-state index in [4.69, 9.17) is 10.8 Å². The Kier molecular flexibility index (Phi) is 9.48. The number of anilines is 2. The number of aryl methyl sites for hydroxylation is 1. The molecule has 1 atom stereocenters. The summed E-state index contributed by atoms with van der Waals surface area (Å²) < 4.78 is 0. The van der Waals surface area contributed by atoms with Crippen molar-refractivity contribution in [1.82, 2.24) is 31.3 Å². The maximum absolute atomic E-state index is 13.7. The zero-order valence-corrected chi connectivity index (χ0v) is 24.4. The Morgan fingerprint density at radius 2 is 1.77 bits per heavy atom. The topological polar surface area (TPSA) is 188 Å². The van der Waals surface area contributed by atoms with Gasteiger partial charge in [-0.3, -0.25) is 9.59 Å². The van der Waals surface area contributed by atoms with Gasteiger partial charge in [-0.05, 0) is 108 Å². The molecular weight excluding hydrogens is 560 g/mol. The lowest BCUT2D eigenvalue weighted by Crippen LogP contribution is -2.48. The highest BCUT2D eigenvalue weighted by atomic mass is 16.4. The van der Waals surface area contributed by atoms with Crippen molar-refractivity contribution in [1.29, 1.82) is 0 Å². The van der Waals surface area contributed by atoms with Crippen molar-refractivity contribution < 1.29 is 19.5 Å². The predicted molar refractivity (Wildman–Crippen MR) is 166 cm³/mol. The number of aromatic amines is 1. The van der Waals surface area contributed by atoms with Gasteiger partial charge in [0.05, 0.1) is 0 Å². The van der Waals surface area contributed by atoms with Crippen molar-refractivity contribution in [3.8, 4) is 22.5 Å². The van der Waals surface area contributed by atoms with Gasteiger partial charge in [0.25, 0.3) is 0 Å². The van der Waals surface area contributed by atoms with Crippen LogP contribution in [0.1, 0.15) is 36.8 Å². The number of nitrogens with two attached hydrogens (primary N) is 1. The number of tetrazole rings is 1. The number of hydrogen-bond donors (Lipinski definition) is 6. The van der Waals surface area contributed by atoms with E-state index in [1.807, 2.05) is 49.4 Å². The Labute approximate surface area is 254 Å². The van der Waals surface area contributed by atoms with E-state index in [1.165, 1.54) is 0 Å². The zero-order valence-electron chi connectivity index (χ0n) is 24.4. The van der Waals surface area contributed by atoms with Gasteiger partial charge < -0.3 is 26.8 Å². The summed E-state index contributed by atoms with van der Waals surface area (Å²) in [6, 6.07) is 19.9. The molecule has 1 saturated carbocycles. The molecule has 1 aliphatic carbocycles. The van der Waals surface area contributed by atoms with Crippen LogP contribution in [0.2, 0.25) is 0 Å². The molecule has 12 heteroatoms. The van der Waals surface area contributed by atoms with Gasteiger partial charge in [-0.15, -0.1) is 5.10 Å². The van der Waals surface area contributed by atoms with Crippen LogP contribution in [-0.2, 0) is 16.0 Å². The maximum Gasteiger partial charge on any atom is 0.404 e. The Morgan fingerprint density at radius 3 is 2.48 bits per heavy atom. The quantitative estimate of drug-likeness (QED) is 0.147. The Hall–Kier alpha value is -5.26. The van der Waals surface area contributed by atoms with Crippen LogP contribution in [0, 0.1) is 18.8 Å². The van der Waals surface area contributed by atoms with Crippen molar-refractivity contribution in [2.24, 2.45) is 11.8 Å². The van der Waals surface area contributed by atoms with Crippen LogP contribution in [0.25, 0.3) is 22.5 Å². The number of H-pyrrole nitrogens is 1. The fourth-order valence-electron chi connectivity index (χ4n) is 5.63. The van der Waals surface area contributed by atoms with E-state index < -0.39 is 12.1 Å². The normalized spacial score (nSPS) is 16.9. The van der Waals surface area contributed by atoms with Crippen LogP contribution in [-0.4, -0.2) is 56.2 Å². The third kappa shape index (κ3) is 7.77. The lowest BCUT2D eigenvalue weighted by molar-refractivity contribution is -0.130. The van der Waals surface area contributed by atoms with Gasteiger partial charge in [0.1, 0.15) is 6.04 Å². The molecule has 0 unspecified atom stereocenters. The van der Waals surface area contributed by atoms with Crippen LogP contribution in [0.15, 0.2) is 66.7 Å². The Morgan fingerprint density at radius 1 is 1.00 bits per heavy atom. The number of nitrogens with one attached hydrogen (secondary N) is 4. The van der Waals surface area contributed by atoms with Gasteiger partial charge in [0.2, 0.25) is 11.8 Å². The number of carbonyl (C=O) groups is 3. The molecular formula is C32H36N8O4. The number of rotatable bonds is 10. The summed E-state index contributed by atoms with van der Waals surface area (Å²) in [7, 11) is 0. The molecule has 1 heterocycles. The van der Waals surface area contributed by atoms with Crippen molar-refractivity contribution in [3.63, 3.8) is 0 Å². The Balaban J connectivity index is 1.31. The molecule has 4 aromatic rings. The van der Waals surface area contributed by atoms with Crippen LogP contribution < -0.4 is 21.7 Å². The third-order valence-electron chi connectivity index (χ3n) is 8.10. The molecule has 0 bridgehead atoms. The highest BCUT2D eigenvalue weighted by Crippen LogP contribution is 2.30. The zero-order chi connectivity index (χ0) is 31.1. The van der Waals surface area contributed by atoms with E-state index in [0.717, 1.165) is 40.7 Å². The fraction of sp³-hybridized carbons (Fsp3) is 0.312. The molecule has 44 heavy (non-hydrogen) atoms. The van der Waals surface area contributed by atoms with Crippen LogP contribution in [0.4, 0.5) is 16.2 Å². The first-order valence-corrected chi connectivity index (χ1v) is 14.6. The summed E-state index contributed by atoms with van der Waals surface area (Å²) in [6.07, 6.45) is 1.99. The van der Waals surface area contributed by atoms with E-state index >= 15 is 0 Å². The average Bonchev–Trinajstić information content (AvgIpc) is 3.57. The van der Waals surface area contributed by atoms with Gasteiger partial charge in [0, 0.05) is 35.8 Å². The first-order chi connectivity index (χ1) is 21.2. The summed E-state index contributed by atoms with van der Waals surface area (Å²) in [5, 5.41) is 31.1. The van der Waals surface area contributed by atoms with Gasteiger partial charge in [-0.2, -0.15) is 0 Å². The number of benzene rings is 3. The molecule has 3 amide bonds.